The van der Waals surface area contributed by atoms with Crippen molar-refractivity contribution in [2.45, 2.75) is 77.7 Å². The molecule has 0 amide bonds. The summed E-state index contributed by atoms with van der Waals surface area (Å²) in [6.07, 6.45) is 8.95. The first-order valence-corrected chi connectivity index (χ1v) is 10.1. The molecule has 0 spiro atoms. The molecule has 1 aromatic heterocycles. The highest BCUT2D eigenvalue weighted by Crippen LogP contribution is 2.40. The van der Waals surface area contributed by atoms with Gasteiger partial charge in [0.25, 0.3) is 0 Å². The van der Waals surface area contributed by atoms with Gasteiger partial charge in [0.15, 0.2) is 0 Å². The highest BCUT2D eigenvalue weighted by Gasteiger charge is 2.27. The van der Waals surface area contributed by atoms with Crippen molar-refractivity contribution in [1.29, 1.82) is 0 Å². The zero-order chi connectivity index (χ0) is 18.1. The van der Waals surface area contributed by atoms with Gasteiger partial charge in [0.1, 0.15) is 5.82 Å². The molecule has 2 aliphatic carbocycles. The van der Waals surface area contributed by atoms with Gasteiger partial charge in [0.05, 0.1) is 5.69 Å². The van der Waals surface area contributed by atoms with Crippen molar-refractivity contribution in [3.05, 3.63) is 40.6 Å². The predicted molar refractivity (Wildman–Crippen MR) is 108 cm³/mol. The molecule has 2 aromatic rings. The third kappa shape index (κ3) is 4.00. The fourth-order valence-electron chi connectivity index (χ4n) is 4.12. The van der Waals surface area contributed by atoms with Gasteiger partial charge >= 0.3 is 0 Å². The van der Waals surface area contributed by atoms with Crippen LogP contribution in [-0.2, 0) is 0 Å². The van der Waals surface area contributed by atoms with Crippen molar-refractivity contribution in [3.63, 3.8) is 0 Å². The maximum atomic E-state index is 4.83. The summed E-state index contributed by atoms with van der Waals surface area (Å²) in [5.74, 6) is 2.33. The molecule has 0 radical (unpaired) electrons. The molecule has 4 heteroatoms. The minimum atomic E-state index is 0.522. The zero-order valence-electron chi connectivity index (χ0n) is 16.2. The Morgan fingerprint density at radius 1 is 0.846 bits per heavy atom. The molecular weight excluding hydrogens is 320 g/mol. The third-order valence-electron chi connectivity index (χ3n) is 5.61. The Morgan fingerprint density at radius 3 is 2.19 bits per heavy atom. The zero-order valence-corrected chi connectivity index (χ0v) is 16.2. The van der Waals surface area contributed by atoms with E-state index in [1.165, 1.54) is 73.0 Å². The number of benzene rings is 1. The van der Waals surface area contributed by atoms with Crippen LogP contribution in [0.25, 0.3) is 0 Å². The molecule has 0 unspecified atom stereocenters. The summed E-state index contributed by atoms with van der Waals surface area (Å²) in [5, 5.41) is 7.18. The maximum Gasteiger partial charge on any atom is 0.225 e. The molecule has 2 fully saturated rings. The van der Waals surface area contributed by atoms with Crippen LogP contribution < -0.4 is 10.6 Å². The van der Waals surface area contributed by atoms with Crippen molar-refractivity contribution >= 4 is 17.5 Å². The van der Waals surface area contributed by atoms with Gasteiger partial charge in [-0.25, -0.2) is 4.98 Å². The number of hydrogen-bond donors (Lipinski definition) is 2. The molecule has 138 valence electrons. The molecule has 0 bridgehead atoms. The van der Waals surface area contributed by atoms with Crippen molar-refractivity contribution in [2.75, 3.05) is 10.6 Å². The van der Waals surface area contributed by atoms with Gasteiger partial charge in [0, 0.05) is 23.7 Å². The van der Waals surface area contributed by atoms with E-state index in [0.717, 1.165) is 11.8 Å². The molecule has 26 heavy (non-hydrogen) atoms. The lowest BCUT2D eigenvalue weighted by molar-refractivity contribution is 0.460. The van der Waals surface area contributed by atoms with Crippen LogP contribution in [0.1, 0.15) is 73.2 Å². The maximum absolute atomic E-state index is 4.83. The van der Waals surface area contributed by atoms with Gasteiger partial charge in [-0.3, -0.25) is 0 Å². The summed E-state index contributed by atoms with van der Waals surface area (Å²) in [5.41, 5.74) is 6.17. The lowest BCUT2D eigenvalue weighted by Crippen LogP contribution is -2.24. The van der Waals surface area contributed by atoms with Gasteiger partial charge in [-0.1, -0.05) is 37.0 Å². The Kier molecular flexibility index (Phi) is 4.84. The van der Waals surface area contributed by atoms with Crippen molar-refractivity contribution in [3.8, 4) is 0 Å². The first-order chi connectivity index (χ1) is 12.6. The molecular formula is C22H30N4. The third-order valence-corrected chi connectivity index (χ3v) is 5.61. The minimum Gasteiger partial charge on any atom is -0.351 e. The number of rotatable bonds is 5. The Labute approximate surface area is 156 Å². The van der Waals surface area contributed by atoms with Gasteiger partial charge < -0.3 is 10.6 Å². The lowest BCUT2D eigenvalue weighted by Gasteiger charge is -2.23. The fourth-order valence-corrected chi connectivity index (χ4v) is 4.12. The van der Waals surface area contributed by atoms with Crippen LogP contribution in [0.4, 0.5) is 17.5 Å². The van der Waals surface area contributed by atoms with E-state index < -0.39 is 0 Å². The van der Waals surface area contributed by atoms with Crippen LogP contribution in [0, 0.1) is 20.8 Å². The predicted octanol–water partition coefficient (Wildman–Crippen LogP) is 5.77. The molecule has 0 aliphatic heterocycles. The second-order valence-electron chi connectivity index (χ2n) is 8.15. The SMILES string of the molecule is Cc1cc(C)c(Nc2cc(C3CC3)nc(NC3CCCCC3)n2)c(C)c1. The van der Waals surface area contributed by atoms with E-state index in [4.69, 9.17) is 9.97 Å². The Hall–Kier alpha value is -2.10. The number of nitrogens with one attached hydrogen (secondary N) is 2. The van der Waals surface area contributed by atoms with Crippen LogP contribution in [-0.4, -0.2) is 16.0 Å². The fraction of sp³-hybridized carbons (Fsp3) is 0.545. The topological polar surface area (TPSA) is 49.8 Å². The second kappa shape index (κ2) is 7.26. The molecule has 4 rings (SSSR count). The highest BCUT2D eigenvalue weighted by atomic mass is 15.2. The van der Waals surface area contributed by atoms with Crippen molar-refractivity contribution in [2.24, 2.45) is 0 Å². The van der Waals surface area contributed by atoms with Crippen LogP contribution in [0.2, 0.25) is 0 Å². The molecule has 4 nitrogen and oxygen atoms in total. The van der Waals surface area contributed by atoms with Crippen LogP contribution in [0.5, 0.6) is 0 Å². The largest absolute Gasteiger partial charge is 0.351 e. The standard InChI is InChI=1S/C22H30N4/c1-14-11-15(2)21(16(3)12-14)25-20-13-19(17-9-10-17)24-22(26-20)23-18-7-5-4-6-8-18/h11-13,17-18H,4-10H2,1-3H3,(H2,23,24,25,26). The molecule has 2 aliphatic rings. The van der Waals surface area contributed by atoms with E-state index in [-0.39, 0.29) is 0 Å². The summed E-state index contributed by atoms with van der Waals surface area (Å²) in [4.78, 5) is 9.63. The van der Waals surface area contributed by atoms with Gasteiger partial charge in [0.2, 0.25) is 5.95 Å². The van der Waals surface area contributed by atoms with E-state index in [1.54, 1.807) is 0 Å². The summed E-state index contributed by atoms with van der Waals surface area (Å²) in [6, 6.07) is 7.11. The van der Waals surface area contributed by atoms with Gasteiger partial charge in [-0.2, -0.15) is 4.98 Å². The van der Waals surface area contributed by atoms with Crippen molar-refractivity contribution < 1.29 is 0 Å². The van der Waals surface area contributed by atoms with E-state index in [2.05, 4.69) is 49.6 Å². The minimum absolute atomic E-state index is 0.522. The van der Waals surface area contributed by atoms with Crippen LogP contribution in [0.3, 0.4) is 0 Å². The number of anilines is 3. The average Bonchev–Trinajstić information content (AvgIpc) is 3.44. The summed E-state index contributed by atoms with van der Waals surface area (Å²) >= 11 is 0. The number of hydrogen-bond acceptors (Lipinski definition) is 4. The normalized spacial score (nSPS) is 18.0. The number of nitrogens with zero attached hydrogens (tertiary/aromatic N) is 2. The summed E-state index contributed by atoms with van der Waals surface area (Å²) in [7, 11) is 0. The van der Waals surface area contributed by atoms with E-state index in [9.17, 15) is 0 Å². The number of aryl methyl sites for hydroxylation is 3. The molecule has 1 heterocycles. The summed E-state index contributed by atoms with van der Waals surface area (Å²) in [6.45, 7) is 6.46. The Morgan fingerprint density at radius 2 is 1.54 bits per heavy atom. The van der Waals surface area contributed by atoms with Crippen molar-refractivity contribution in [1.82, 2.24) is 9.97 Å². The Balaban J connectivity index is 1.60. The highest BCUT2D eigenvalue weighted by molar-refractivity contribution is 5.66. The summed E-state index contributed by atoms with van der Waals surface area (Å²) < 4.78 is 0. The molecule has 0 atom stereocenters. The van der Waals surface area contributed by atoms with Crippen LogP contribution in [0.15, 0.2) is 18.2 Å². The van der Waals surface area contributed by atoms with Gasteiger partial charge in [-0.15, -0.1) is 0 Å². The molecule has 2 saturated carbocycles. The monoisotopic (exact) mass is 350 g/mol. The van der Waals surface area contributed by atoms with E-state index >= 15 is 0 Å². The number of aromatic nitrogens is 2. The van der Waals surface area contributed by atoms with E-state index in [1.807, 2.05) is 0 Å². The quantitative estimate of drug-likeness (QED) is 0.719. The first-order valence-electron chi connectivity index (χ1n) is 10.1. The molecule has 0 saturated heterocycles. The van der Waals surface area contributed by atoms with Crippen LogP contribution >= 0.6 is 0 Å². The smallest absolute Gasteiger partial charge is 0.225 e. The average molecular weight is 351 g/mol. The van der Waals surface area contributed by atoms with Gasteiger partial charge in [-0.05, 0) is 57.6 Å². The second-order valence-corrected chi connectivity index (χ2v) is 8.15. The lowest BCUT2D eigenvalue weighted by atomic mass is 9.96. The Bertz CT molecular complexity index is 766. The van der Waals surface area contributed by atoms with E-state index in [0.29, 0.717) is 12.0 Å². The molecule has 2 N–H and O–H groups in total. The first kappa shape index (κ1) is 17.3. The molecule has 1 aromatic carbocycles.